The highest BCUT2D eigenvalue weighted by molar-refractivity contribution is 6.72. The first-order chi connectivity index (χ1) is 15.6. The summed E-state index contributed by atoms with van der Waals surface area (Å²) in [5, 5.41) is 12.0. The van der Waals surface area contributed by atoms with Crippen molar-refractivity contribution in [3.05, 3.63) is 78.9 Å². The van der Waals surface area contributed by atoms with Crippen LogP contribution in [0, 0.1) is 0 Å². The molecule has 0 bridgehead atoms. The molecule has 162 valence electrons. The standard InChI is InChI=1S/C25H25N5O2/c1-3-29(4-2)20-15-16-21(22(31)17-20)27-23-24(26-18-11-7-5-8-12-18)28-30(25(23)32)19-13-9-6-10-14-19/h5-17,31H,3-4H2,1-2H3,(H,26,28). The lowest BCUT2D eigenvalue weighted by Crippen LogP contribution is -2.35. The van der Waals surface area contributed by atoms with E-state index in [0.717, 1.165) is 18.8 Å². The summed E-state index contributed by atoms with van der Waals surface area (Å²) >= 11 is 0. The first-order valence-electron chi connectivity index (χ1n) is 10.6. The van der Waals surface area contributed by atoms with Crippen LogP contribution in [0.3, 0.4) is 0 Å². The number of aliphatic imine (C=N–C) groups is 2. The lowest BCUT2D eigenvalue weighted by atomic mass is 10.2. The van der Waals surface area contributed by atoms with Crippen molar-refractivity contribution in [2.75, 3.05) is 23.0 Å². The number of phenols is 1. The molecule has 0 aliphatic carbocycles. The number of hydrazine groups is 1. The van der Waals surface area contributed by atoms with E-state index < -0.39 is 0 Å². The molecule has 1 amide bonds. The number of aromatic hydroxyl groups is 1. The molecule has 0 unspecified atom stereocenters. The first-order valence-corrected chi connectivity index (χ1v) is 10.6. The predicted octanol–water partition coefficient (Wildman–Crippen LogP) is 4.59. The zero-order chi connectivity index (χ0) is 22.5. The molecule has 0 radical (unpaired) electrons. The van der Waals surface area contributed by atoms with E-state index in [-0.39, 0.29) is 17.4 Å². The van der Waals surface area contributed by atoms with E-state index >= 15 is 0 Å². The maximum atomic E-state index is 13.3. The Bertz CT molecular complexity index is 1160. The summed E-state index contributed by atoms with van der Waals surface area (Å²) in [6, 6.07) is 23.9. The fourth-order valence-corrected chi connectivity index (χ4v) is 3.50. The molecule has 4 rings (SSSR count). The Morgan fingerprint density at radius 2 is 1.56 bits per heavy atom. The van der Waals surface area contributed by atoms with Crippen LogP contribution in [-0.2, 0) is 4.79 Å². The summed E-state index contributed by atoms with van der Waals surface area (Å²) in [7, 11) is 0. The lowest BCUT2D eigenvalue weighted by molar-refractivity contribution is -0.112. The van der Waals surface area contributed by atoms with Gasteiger partial charge in [-0.15, -0.1) is 0 Å². The van der Waals surface area contributed by atoms with Gasteiger partial charge in [-0.05, 0) is 50.2 Å². The highest BCUT2D eigenvalue weighted by Crippen LogP contribution is 2.32. The van der Waals surface area contributed by atoms with E-state index in [4.69, 9.17) is 0 Å². The summed E-state index contributed by atoms with van der Waals surface area (Å²) < 4.78 is 0. The number of hydrogen-bond donors (Lipinski definition) is 2. The smallest absolute Gasteiger partial charge is 0.299 e. The summed E-state index contributed by atoms with van der Waals surface area (Å²) in [5.74, 6) is -0.0257. The van der Waals surface area contributed by atoms with Crippen molar-refractivity contribution in [2.24, 2.45) is 9.98 Å². The number of amidine groups is 1. The van der Waals surface area contributed by atoms with Crippen molar-refractivity contribution >= 4 is 40.2 Å². The van der Waals surface area contributed by atoms with Crippen LogP contribution in [0.25, 0.3) is 0 Å². The van der Waals surface area contributed by atoms with Gasteiger partial charge in [-0.1, -0.05) is 36.4 Å². The molecular weight excluding hydrogens is 402 g/mol. The lowest BCUT2D eigenvalue weighted by Gasteiger charge is -2.21. The Balaban J connectivity index is 1.76. The number of nitrogens with zero attached hydrogens (tertiary/aromatic N) is 4. The minimum Gasteiger partial charge on any atom is -0.506 e. The van der Waals surface area contributed by atoms with E-state index in [2.05, 4.69) is 34.2 Å². The Morgan fingerprint density at radius 1 is 0.906 bits per heavy atom. The first kappa shape index (κ1) is 21.1. The average molecular weight is 428 g/mol. The third-order valence-corrected chi connectivity index (χ3v) is 5.18. The molecular formula is C25H25N5O2. The highest BCUT2D eigenvalue weighted by Gasteiger charge is 2.35. The second kappa shape index (κ2) is 9.34. The van der Waals surface area contributed by atoms with E-state index in [0.29, 0.717) is 22.9 Å². The Labute approximate surface area is 187 Å². The van der Waals surface area contributed by atoms with Gasteiger partial charge in [0, 0.05) is 24.8 Å². The number of carbonyl (C=O) groups is 1. The van der Waals surface area contributed by atoms with E-state index in [1.807, 2.05) is 66.7 Å². The summed E-state index contributed by atoms with van der Waals surface area (Å²) in [4.78, 5) is 24.5. The summed E-state index contributed by atoms with van der Waals surface area (Å²) in [5.41, 5.74) is 5.75. The van der Waals surface area contributed by atoms with Gasteiger partial charge >= 0.3 is 0 Å². The molecule has 7 nitrogen and oxygen atoms in total. The van der Waals surface area contributed by atoms with Crippen molar-refractivity contribution in [3.8, 4) is 5.75 Å². The third-order valence-electron chi connectivity index (χ3n) is 5.18. The van der Waals surface area contributed by atoms with Crippen LogP contribution in [0.5, 0.6) is 5.75 Å². The van der Waals surface area contributed by atoms with Gasteiger partial charge in [0.25, 0.3) is 5.91 Å². The molecule has 0 atom stereocenters. The molecule has 1 aliphatic rings. The van der Waals surface area contributed by atoms with Crippen LogP contribution >= 0.6 is 0 Å². The van der Waals surface area contributed by atoms with Gasteiger partial charge in [-0.25, -0.2) is 15.0 Å². The minimum atomic E-state index is -0.349. The molecule has 1 aliphatic heterocycles. The minimum absolute atomic E-state index is 0.00641. The van der Waals surface area contributed by atoms with Crippen molar-refractivity contribution in [3.63, 3.8) is 0 Å². The van der Waals surface area contributed by atoms with Crippen molar-refractivity contribution in [1.82, 2.24) is 5.43 Å². The number of rotatable bonds is 6. The van der Waals surface area contributed by atoms with Crippen LogP contribution in [0.2, 0.25) is 0 Å². The van der Waals surface area contributed by atoms with E-state index in [1.165, 1.54) is 5.01 Å². The van der Waals surface area contributed by atoms with Crippen molar-refractivity contribution in [2.45, 2.75) is 13.8 Å². The van der Waals surface area contributed by atoms with Crippen LogP contribution in [0.4, 0.5) is 22.7 Å². The molecule has 3 aromatic rings. The number of phenolic OH excluding ortho intramolecular Hbond substituents is 1. The maximum Gasteiger partial charge on any atom is 0.299 e. The highest BCUT2D eigenvalue weighted by atomic mass is 16.3. The van der Waals surface area contributed by atoms with Gasteiger partial charge in [0.05, 0.1) is 11.4 Å². The van der Waals surface area contributed by atoms with Crippen LogP contribution in [0.1, 0.15) is 13.8 Å². The average Bonchev–Trinajstić information content (AvgIpc) is 3.12. The van der Waals surface area contributed by atoms with Gasteiger partial charge in [0.15, 0.2) is 11.5 Å². The maximum absolute atomic E-state index is 13.3. The number of amides is 1. The topological polar surface area (TPSA) is 80.5 Å². The molecule has 7 heteroatoms. The predicted molar refractivity (Wildman–Crippen MR) is 129 cm³/mol. The largest absolute Gasteiger partial charge is 0.506 e. The quantitative estimate of drug-likeness (QED) is 0.603. The second-order valence-electron chi connectivity index (χ2n) is 7.19. The molecule has 3 aromatic carbocycles. The molecule has 32 heavy (non-hydrogen) atoms. The Morgan fingerprint density at radius 3 is 2.19 bits per heavy atom. The van der Waals surface area contributed by atoms with Gasteiger partial charge < -0.3 is 10.0 Å². The van der Waals surface area contributed by atoms with Gasteiger partial charge in [-0.3, -0.25) is 10.2 Å². The molecule has 1 heterocycles. The number of benzene rings is 3. The Kier molecular flexibility index (Phi) is 6.17. The molecule has 1 saturated heterocycles. The Hall–Kier alpha value is -4.13. The number of anilines is 2. The molecule has 0 spiro atoms. The number of para-hydroxylation sites is 2. The second-order valence-corrected chi connectivity index (χ2v) is 7.19. The van der Waals surface area contributed by atoms with Gasteiger partial charge in [0.2, 0.25) is 0 Å². The van der Waals surface area contributed by atoms with Crippen LogP contribution in [0.15, 0.2) is 88.8 Å². The SMILES string of the molecule is CCN(CC)c1ccc(N=C2C(=O)N(c3ccccc3)NC2=Nc2ccccc2)c(O)c1. The van der Waals surface area contributed by atoms with Crippen molar-refractivity contribution in [1.29, 1.82) is 0 Å². The monoisotopic (exact) mass is 427 g/mol. The van der Waals surface area contributed by atoms with Crippen molar-refractivity contribution < 1.29 is 9.90 Å². The van der Waals surface area contributed by atoms with E-state index in [9.17, 15) is 9.90 Å². The van der Waals surface area contributed by atoms with Crippen LogP contribution in [-0.4, -0.2) is 35.7 Å². The number of nitrogens with one attached hydrogen (secondary N) is 1. The zero-order valence-electron chi connectivity index (χ0n) is 18.1. The number of hydrogen-bond acceptors (Lipinski definition) is 5. The molecule has 1 fully saturated rings. The molecule has 0 saturated carbocycles. The fraction of sp³-hybridized carbons (Fsp3) is 0.160. The summed E-state index contributed by atoms with van der Waals surface area (Å²) in [6.07, 6.45) is 0. The third kappa shape index (κ3) is 4.32. The molecule has 2 N–H and O–H groups in total. The van der Waals surface area contributed by atoms with Gasteiger partial charge in [-0.2, -0.15) is 0 Å². The zero-order valence-corrected chi connectivity index (χ0v) is 18.1. The molecule has 0 aromatic heterocycles. The number of carbonyl (C=O) groups excluding carboxylic acids is 1. The van der Waals surface area contributed by atoms with Crippen LogP contribution < -0.4 is 15.3 Å². The van der Waals surface area contributed by atoms with E-state index in [1.54, 1.807) is 12.1 Å². The fourth-order valence-electron chi connectivity index (χ4n) is 3.50. The van der Waals surface area contributed by atoms with Gasteiger partial charge in [0.1, 0.15) is 11.4 Å². The summed E-state index contributed by atoms with van der Waals surface area (Å²) in [6.45, 7) is 5.77. The normalized spacial score (nSPS) is 15.9.